The summed E-state index contributed by atoms with van der Waals surface area (Å²) in [7, 11) is 1.73. The predicted octanol–water partition coefficient (Wildman–Crippen LogP) is 2.30. The van der Waals surface area contributed by atoms with Crippen LogP contribution in [0, 0.1) is 0 Å². The molecular formula is C12H16BrNO2. The van der Waals surface area contributed by atoms with Gasteiger partial charge >= 0.3 is 0 Å². The maximum Gasteiger partial charge on any atom is 0.0758 e. The van der Waals surface area contributed by atoms with Crippen LogP contribution >= 0.6 is 15.9 Å². The second kappa shape index (κ2) is 5.66. The first-order valence-corrected chi connectivity index (χ1v) is 6.19. The fraction of sp³-hybridized carbons (Fsp3) is 0.500. The number of hydrogen-bond donors (Lipinski definition) is 0. The van der Waals surface area contributed by atoms with Crippen molar-refractivity contribution in [3.8, 4) is 0 Å². The van der Waals surface area contributed by atoms with Crippen LogP contribution in [0.1, 0.15) is 0 Å². The minimum atomic E-state index is 0.319. The van der Waals surface area contributed by atoms with Crippen LogP contribution in [0.25, 0.3) is 0 Å². The van der Waals surface area contributed by atoms with Crippen LogP contribution in [0.3, 0.4) is 0 Å². The van der Waals surface area contributed by atoms with E-state index in [0.29, 0.717) is 12.6 Å². The van der Waals surface area contributed by atoms with Crippen LogP contribution in [-0.2, 0) is 9.47 Å². The van der Waals surface area contributed by atoms with Crippen molar-refractivity contribution < 1.29 is 9.47 Å². The summed E-state index contributed by atoms with van der Waals surface area (Å²) in [5.41, 5.74) is 1.23. The monoisotopic (exact) mass is 285 g/mol. The van der Waals surface area contributed by atoms with Crippen LogP contribution in [0.5, 0.6) is 0 Å². The lowest BCUT2D eigenvalue weighted by molar-refractivity contribution is 0.0602. The Labute approximate surface area is 104 Å². The molecule has 88 valence electrons. The number of halogens is 1. The normalized spacial score (nSPS) is 21.1. The molecule has 1 aromatic carbocycles. The number of ether oxygens (including phenoxy) is 2. The highest BCUT2D eigenvalue weighted by molar-refractivity contribution is 9.10. The minimum Gasteiger partial charge on any atom is -0.382 e. The maximum absolute atomic E-state index is 5.48. The number of hydrogen-bond acceptors (Lipinski definition) is 3. The highest BCUT2D eigenvalue weighted by atomic mass is 79.9. The van der Waals surface area contributed by atoms with Gasteiger partial charge in [-0.2, -0.15) is 0 Å². The van der Waals surface area contributed by atoms with Crippen molar-refractivity contribution >= 4 is 21.6 Å². The summed E-state index contributed by atoms with van der Waals surface area (Å²) in [5.74, 6) is 0. The number of morpholine rings is 1. The molecule has 1 heterocycles. The van der Waals surface area contributed by atoms with Crippen molar-refractivity contribution in [1.29, 1.82) is 0 Å². The van der Waals surface area contributed by atoms with Gasteiger partial charge in [-0.15, -0.1) is 0 Å². The number of methoxy groups -OCH3 is 1. The van der Waals surface area contributed by atoms with E-state index in [2.05, 4.69) is 45.1 Å². The zero-order valence-electron chi connectivity index (χ0n) is 9.36. The Hall–Kier alpha value is -0.580. The highest BCUT2D eigenvalue weighted by Crippen LogP contribution is 2.22. The molecular weight excluding hydrogens is 270 g/mol. The third-order valence-electron chi connectivity index (χ3n) is 2.74. The lowest BCUT2D eigenvalue weighted by Gasteiger charge is -2.37. The molecule has 0 aromatic heterocycles. The fourth-order valence-electron chi connectivity index (χ4n) is 1.96. The standard InChI is InChI=1S/C12H16BrNO2/c1-15-8-12-9-16-7-6-14(12)11-4-2-10(13)3-5-11/h2-5,12H,6-9H2,1H3/t12-/m0/s1. The molecule has 0 saturated carbocycles. The Morgan fingerprint density at radius 2 is 2.19 bits per heavy atom. The molecule has 0 unspecified atom stereocenters. The average molecular weight is 286 g/mol. The summed E-state index contributed by atoms with van der Waals surface area (Å²) >= 11 is 3.45. The van der Waals surface area contributed by atoms with Gasteiger partial charge in [-0.05, 0) is 24.3 Å². The van der Waals surface area contributed by atoms with Gasteiger partial charge in [0.05, 0.1) is 25.9 Å². The van der Waals surface area contributed by atoms with E-state index < -0.39 is 0 Å². The molecule has 0 aliphatic carbocycles. The largest absolute Gasteiger partial charge is 0.382 e. The summed E-state index contributed by atoms with van der Waals surface area (Å²) in [6.45, 7) is 3.16. The number of benzene rings is 1. The van der Waals surface area contributed by atoms with E-state index in [1.165, 1.54) is 5.69 Å². The quantitative estimate of drug-likeness (QED) is 0.851. The van der Waals surface area contributed by atoms with E-state index in [9.17, 15) is 0 Å². The van der Waals surface area contributed by atoms with Crippen LogP contribution in [-0.4, -0.2) is 39.5 Å². The molecule has 1 fully saturated rings. The molecule has 0 N–H and O–H groups in total. The van der Waals surface area contributed by atoms with Gasteiger partial charge in [0.15, 0.2) is 0 Å². The molecule has 1 atom stereocenters. The van der Waals surface area contributed by atoms with E-state index in [-0.39, 0.29) is 0 Å². The Morgan fingerprint density at radius 1 is 1.44 bits per heavy atom. The number of rotatable bonds is 3. The van der Waals surface area contributed by atoms with Crippen molar-refractivity contribution in [3.05, 3.63) is 28.7 Å². The topological polar surface area (TPSA) is 21.7 Å². The molecule has 4 heteroatoms. The van der Waals surface area contributed by atoms with Crippen molar-refractivity contribution in [2.24, 2.45) is 0 Å². The Balaban J connectivity index is 2.13. The molecule has 16 heavy (non-hydrogen) atoms. The fourth-order valence-corrected chi connectivity index (χ4v) is 2.22. The molecule has 1 saturated heterocycles. The third kappa shape index (κ3) is 2.75. The lowest BCUT2D eigenvalue weighted by Crippen LogP contribution is -2.48. The Kier molecular flexibility index (Phi) is 4.21. The molecule has 1 aromatic rings. The molecule has 1 aliphatic rings. The van der Waals surface area contributed by atoms with Crippen LogP contribution in [0.2, 0.25) is 0 Å². The zero-order valence-corrected chi connectivity index (χ0v) is 10.9. The second-order valence-electron chi connectivity index (χ2n) is 3.85. The maximum atomic E-state index is 5.48. The van der Waals surface area contributed by atoms with Gasteiger partial charge in [-0.25, -0.2) is 0 Å². The van der Waals surface area contributed by atoms with E-state index >= 15 is 0 Å². The van der Waals surface area contributed by atoms with Gasteiger partial charge in [0, 0.05) is 23.8 Å². The molecule has 1 aliphatic heterocycles. The summed E-state index contributed by atoms with van der Waals surface area (Å²) in [4.78, 5) is 2.35. The Bertz CT molecular complexity index is 326. The van der Waals surface area contributed by atoms with E-state index in [1.807, 2.05) is 0 Å². The second-order valence-corrected chi connectivity index (χ2v) is 4.77. The molecule has 3 nitrogen and oxygen atoms in total. The van der Waals surface area contributed by atoms with Gasteiger partial charge < -0.3 is 14.4 Å². The van der Waals surface area contributed by atoms with E-state index in [0.717, 1.165) is 24.2 Å². The summed E-state index contributed by atoms with van der Waals surface area (Å²) < 4.78 is 11.8. The molecule has 0 bridgehead atoms. The van der Waals surface area contributed by atoms with Crippen molar-refractivity contribution in [3.63, 3.8) is 0 Å². The van der Waals surface area contributed by atoms with Crippen molar-refractivity contribution in [1.82, 2.24) is 0 Å². The Morgan fingerprint density at radius 3 is 2.88 bits per heavy atom. The van der Waals surface area contributed by atoms with Gasteiger partial charge in [-0.3, -0.25) is 0 Å². The van der Waals surface area contributed by atoms with Crippen molar-refractivity contribution in [2.75, 3.05) is 38.4 Å². The summed E-state index contributed by atoms with van der Waals surface area (Å²) in [5, 5.41) is 0. The predicted molar refractivity (Wildman–Crippen MR) is 68.0 cm³/mol. The SMILES string of the molecule is COC[C@H]1COCCN1c1ccc(Br)cc1. The molecule has 0 amide bonds. The van der Waals surface area contributed by atoms with E-state index in [1.54, 1.807) is 7.11 Å². The van der Waals surface area contributed by atoms with Crippen LogP contribution < -0.4 is 4.90 Å². The minimum absolute atomic E-state index is 0.319. The van der Waals surface area contributed by atoms with Gasteiger partial charge in [0.2, 0.25) is 0 Å². The summed E-state index contributed by atoms with van der Waals surface area (Å²) in [6.07, 6.45) is 0. The van der Waals surface area contributed by atoms with Crippen LogP contribution in [0.4, 0.5) is 5.69 Å². The number of anilines is 1. The van der Waals surface area contributed by atoms with Gasteiger partial charge in [0.25, 0.3) is 0 Å². The average Bonchev–Trinajstić information content (AvgIpc) is 2.32. The number of nitrogens with zero attached hydrogens (tertiary/aromatic N) is 1. The molecule has 0 spiro atoms. The van der Waals surface area contributed by atoms with E-state index in [4.69, 9.17) is 9.47 Å². The first-order chi connectivity index (χ1) is 7.81. The lowest BCUT2D eigenvalue weighted by atomic mass is 10.2. The first kappa shape index (κ1) is 11.9. The van der Waals surface area contributed by atoms with Crippen LogP contribution in [0.15, 0.2) is 28.7 Å². The zero-order chi connectivity index (χ0) is 11.4. The smallest absolute Gasteiger partial charge is 0.0758 e. The first-order valence-electron chi connectivity index (χ1n) is 5.40. The third-order valence-corrected chi connectivity index (χ3v) is 3.27. The van der Waals surface area contributed by atoms with Gasteiger partial charge in [0.1, 0.15) is 0 Å². The van der Waals surface area contributed by atoms with Gasteiger partial charge in [-0.1, -0.05) is 15.9 Å². The molecule has 2 rings (SSSR count). The molecule has 0 radical (unpaired) electrons. The highest BCUT2D eigenvalue weighted by Gasteiger charge is 2.22. The summed E-state index contributed by atoms with van der Waals surface area (Å²) in [6, 6.07) is 8.69. The van der Waals surface area contributed by atoms with Crippen molar-refractivity contribution in [2.45, 2.75) is 6.04 Å².